The molecule has 1 saturated heterocycles. The molecule has 1 aromatic carbocycles. The van der Waals surface area contributed by atoms with Gasteiger partial charge in [-0.05, 0) is 31.2 Å². The number of ether oxygens (including phenoxy) is 3. The van der Waals surface area contributed by atoms with Crippen molar-refractivity contribution in [2.75, 3.05) is 37.9 Å². The number of carbonyl (C=O) groups excluding carboxylic acids is 1. The van der Waals surface area contributed by atoms with E-state index in [9.17, 15) is 4.79 Å². The Labute approximate surface area is 178 Å². The molecule has 2 aromatic heterocycles. The molecule has 1 atom stereocenters. The molecule has 0 N–H and O–H groups in total. The van der Waals surface area contributed by atoms with Gasteiger partial charge in [0.25, 0.3) is 5.91 Å². The molecular formula is C20H21N7O4. The molecule has 1 unspecified atom stereocenters. The van der Waals surface area contributed by atoms with Crippen LogP contribution in [-0.4, -0.2) is 74.8 Å². The van der Waals surface area contributed by atoms with Crippen LogP contribution in [0.5, 0.6) is 17.2 Å². The third-order valence-electron chi connectivity index (χ3n) is 5.21. The zero-order valence-electron chi connectivity index (χ0n) is 16.9. The van der Waals surface area contributed by atoms with Crippen LogP contribution >= 0.6 is 0 Å². The highest BCUT2D eigenvalue weighted by atomic mass is 16.7. The van der Waals surface area contributed by atoms with Gasteiger partial charge in [0.1, 0.15) is 18.4 Å². The Morgan fingerprint density at radius 1 is 1.03 bits per heavy atom. The lowest BCUT2D eigenvalue weighted by atomic mass is 10.2. The van der Waals surface area contributed by atoms with E-state index < -0.39 is 6.10 Å². The number of nitrogens with zero attached hydrogens (tertiary/aromatic N) is 7. The SMILES string of the molecule is CC(Oc1ccc2c(c1)OCO2)C(=O)N1CCN(c2ccc(-n3cncn3)nn2)CC1. The quantitative estimate of drug-likeness (QED) is 0.591. The van der Waals surface area contributed by atoms with Crippen LogP contribution in [0.25, 0.3) is 5.82 Å². The highest BCUT2D eigenvalue weighted by molar-refractivity contribution is 5.81. The van der Waals surface area contributed by atoms with Crippen molar-refractivity contribution in [2.24, 2.45) is 0 Å². The second-order valence-corrected chi connectivity index (χ2v) is 7.18. The summed E-state index contributed by atoms with van der Waals surface area (Å²) in [5, 5.41) is 12.5. The first-order valence-corrected chi connectivity index (χ1v) is 9.96. The van der Waals surface area contributed by atoms with Crippen molar-refractivity contribution in [3.05, 3.63) is 43.0 Å². The average Bonchev–Trinajstić information content (AvgIpc) is 3.51. The molecule has 3 aromatic rings. The summed E-state index contributed by atoms with van der Waals surface area (Å²) in [6, 6.07) is 9.04. The number of hydrogen-bond acceptors (Lipinski definition) is 9. The number of piperazine rings is 1. The van der Waals surface area contributed by atoms with Gasteiger partial charge in [0.05, 0.1) is 0 Å². The van der Waals surface area contributed by atoms with Crippen molar-refractivity contribution < 1.29 is 19.0 Å². The van der Waals surface area contributed by atoms with Gasteiger partial charge >= 0.3 is 0 Å². The molecule has 0 bridgehead atoms. The first-order chi connectivity index (χ1) is 15.2. The third-order valence-corrected chi connectivity index (χ3v) is 5.21. The third kappa shape index (κ3) is 3.93. The predicted octanol–water partition coefficient (Wildman–Crippen LogP) is 0.902. The summed E-state index contributed by atoms with van der Waals surface area (Å²) >= 11 is 0. The molecular weight excluding hydrogens is 402 g/mol. The Morgan fingerprint density at radius 2 is 1.81 bits per heavy atom. The Bertz CT molecular complexity index is 1050. The standard InChI is InChI=1S/C20H21N7O4/c1-14(31-15-2-3-16-17(10-15)30-13-29-16)20(28)26-8-6-25(7-9-26)18-4-5-19(24-23-18)27-12-21-11-22-27/h2-5,10-12,14H,6-9,13H2,1H3. The molecule has 2 aliphatic rings. The summed E-state index contributed by atoms with van der Waals surface area (Å²) in [5.41, 5.74) is 0. The van der Waals surface area contributed by atoms with Gasteiger partial charge in [-0.15, -0.1) is 10.2 Å². The molecule has 11 nitrogen and oxygen atoms in total. The van der Waals surface area contributed by atoms with Crippen LogP contribution in [0, 0.1) is 0 Å². The molecule has 31 heavy (non-hydrogen) atoms. The van der Waals surface area contributed by atoms with Gasteiger partial charge < -0.3 is 24.0 Å². The minimum absolute atomic E-state index is 0.0510. The molecule has 1 fully saturated rings. The smallest absolute Gasteiger partial charge is 0.263 e. The molecule has 0 radical (unpaired) electrons. The number of carbonyl (C=O) groups is 1. The summed E-state index contributed by atoms with van der Waals surface area (Å²) in [4.78, 5) is 20.7. The number of hydrogen-bond donors (Lipinski definition) is 0. The fraction of sp³-hybridized carbons (Fsp3) is 0.350. The lowest BCUT2D eigenvalue weighted by molar-refractivity contribution is -0.138. The van der Waals surface area contributed by atoms with Gasteiger partial charge in [-0.2, -0.15) is 5.10 Å². The molecule has 0 spiro atoms. The topological polar surface area (TPSA) is 108 Å². The van der Waals surface area contributed by atoms with Crippen molar-refractivity contribution in [2.45, 2.75) is 13.0 Å². The van der Waals surface area contributed by atoms with E-state index >= 15 is 0 Å². The second kappa shape index (κ2) is 8.09. The van der Waals surface area contributed by atoms with E-state index in [1.54, 1.807) is 36.1 Å². The van der Waals surface area contributed by atoms with Crippen LogP contribution in [-0.2, 0) is 4.79 Å². The van der Waals surface area contributed by atoms with Crippen LogP contribution in [0.1, 0.15) is 6.92 Å². The van der Waals surface area contributed by atoms with Crippen LogP contribution in [0.4, 0.5) is 5.82 Å². The summed E-state index contributed by atoms with van der Waals surface area (Å²) in [6.07, 6.45) is 2.41. The van der Waals surface area contributed by atoms with Crippen molar-refractivity contribution in [1.82, 2.24) is 29.9 Å². The molecule has 2 aliphatic heterocycles. The van der Waals surface area contributed by atoms with E-state index in [0.29, 0.717) is 49.2 Å². The highest BCUT2D eigenvalue weighted by Crippen LogP contribution is 2.35. The second-order valence-electron chi connectivity index (χ2n) is 7.18. The van der Waals surface area contributed by atoms with Crippen molar-refractivity contribution in [1.29, 1.82) is 0 Å². The van der Waals surface area contributed by atoms with E-state index in [-0.39, 0.29) is 12.7 Å². The number of aromatic nitrogens is 5. The Hall–Kier alpha value is -3.89. The van der Waals surface area contributed by atoms with E-state index in [2.05, 4.69) is 25.2 Å². The molecule has 5 rings (SSSR count). The van der Waals surface area contributed by atoms with Crippen LogP contribution in [0.3, 0.4) is 0 Å². The first kappa shape index (κ1) is 19.1. The molecule has 0 aliphatic carbocycles. The summed E-state index contributed by atoms with van der Waals surface area (Å²) in [7, 11) is 0. The molecule has 11 heteroatoms. The maximum Gasteiger partial charge on any atom is 0.263 e. The first-order valence-electron chi connectivity index (χ1n) is 9.96. The molecule has 4 heterocycles. The van der Waals surface area contributed by atoms with Crippen molar-refractivity contribution in [3.8, 4) is 23.1 Å². The van der Waals surface area contributed by atoms with Gasteiger partial charge in [-0.25, -0.2) is 9.67 Å². The van der Waals surface area contributed by atoms with Crippen molar-refractivity contribution in [3.63, 3.8) is 0 Å². The van der Waals surface area contributed by atoms with Gasteiger partial charge in [0.2, 0.25) is 6.79 Å². The molecule has 0 saturated carbocycles. The highest BCUT2D eigenvalue weighted by Gasteiger charge is 2.27. The normalized spacial score (nSPS) is 16.3. The molecule has 160 valence electrons. The van der Waals surface area contributed by atoms with Gasteiger partial charge in [-0.3, -0.25) is 4.79 Å². The predicted molar refractivity (Wildman–Crippen MR) is 108 cm³/mol. The van der Waals surface area contributed by atoms with E-state index in [0.717, 1.165) is 5.82 Å². The number of rotatable bonds is 5. The zero-order chi connectivity index (χ0) is 21.2. The number of benzene rings is 1. The Kier molecular flexibility index (Phi) is 4.98. The van der Waals surface area contributed by atoms with Gasteiger partial charge in [-0.1, -0.05) is 0 Å². The maximum atomic E-state index is 12.8. The Morgan fingerprint density at radius 3 is 2.55 bits per heavy atom. The minimum Gasteiger partial charge on any atom is -0.481 e. The summed E-state index contributed by atoms with van der Waals surface area (Å²) in [5.74, 6) is 3.20. The number of amides is 1. The lowest BCUT2D eigenvalue weighted by Gasteiger charge is -2.36. The number of fused-ring (bicyclic) bond motifs is 1. The van der Waals surface area contributed by atoms with Crippen LogP contribution < -0.4 is 19.1 Å². The van der Waals surface area contributed by atoms with Gasteiger partial charge in [0, 0.05) is 32.2 Å². The molecule has 1 amide bonds. The van der Waals surface area contributed by atoms with E-state index in [4.69, 9.17) is 14.2 Å². The van der Waals surface area contributed by atoms with Crippen LogP contribution in [0.15, 0.2) is 43.0 Å². The maximum absolute atomic E-state index is 12.8. The van der Waals surface area contributed by atoms with E-state index in [1.165, 1.54) is 6.33 Å². The van der Waals surface area contributed by atoms with Crippen LogP contribution in [0.2, 0.25) is 0 Å². The summed E-state index contributed by atoms with van der Waals surface area (Å²) in [6.45, 7) is 4.46. The average molecular weight is 423 g/mol. The zero-order valence-corrected chi connectivity index (χ0v) is 16.9. The van der Waals surface area contributed by atoms with Crippen molar-refractivity contribution >= 4 is 11.7 Å². The number of anilines is 1. The fourth-order valence-electron chi connectivity index (χ4n) is 3.55. The monoisotopic (exact) mass is 423 g/mol. The fourth-order valence-corrected chi connectivity index (χ4v) is 3.55. The lowest BCUT2D eigenvalue weighted by Crippen LogP contribution is -2.52. The summed E-state index contributed by atoms with van der Waals surface area (Å²) < 4.78 is 18.0. The Balaban J connectivity index is 1.16. The largest absolute Gasteiger partial charge is 0.481 e. The van der Waals surface area contributed by atoms with E-state index in [1.807, 2.05) is 17.0 Å². The minimum atomic E-state index is -0.603. The van der Waals surface area contributed by atoms with Gasteiger partial charge in [0.15, 0.2) is 29.2 Å².